The monoisotopic (exact) mass is 356 g/mol. The Labute approximate surface area is 158 Å². The second kappa shape index (κ2) is 6.76. The smallest absolute Gasteiger partial charge is 0.134 e. The molecule has 0 saturated carbocycles. The van der Waals surface area contributed by atoms with Crippen molar-refractivity contribution in [3.8, 4) is 22.5 Å². The Kier molecular flexibility index (Phi) is 3.98. The summed E-state index contributed by atoms with van der Waals surface area (Å²) in [6, 6.07) is 19.0. The molecule has 0 saturated heterocycles. The van der Waals surface area contributed by atoms with Crippen molar-refractivity contribution in [3.05, 3.63) is 60.9 Å². The third-order valence-corrected chi connectivity index (χ3v) is 5.00. The predicted molar refractivity (Wildman–Crippen MR) is 111 cm³/mol. The number of furan rings is 1. The van der Waals surface area contributed by atoms with E-state index in [2.05, 4.69) is 74.4 Å². The fourth-order valence-electron chi connectivity index (χ4n) is 3.45. The van der Waals surface area contributed by atoms with E-state index in [0.717, 1.165) is 54.3 Å². The van der Waals surface area contributed by atoms with Crippen LogP contribution in [0.1, 0.15) is 0 Å². The Bertz CT molecular complexity index is 906. The molecule has 0 radical (unpaired) electrons. The third kappa shape index (κ3) is 3.12. The van der Waals surface area contributed by atoms with E-state index in [9.17, 15) is 0 Å². The summed E-state index contributed by atoms with van der Waals surface area (Å²) >= 11 is 0. The van der Waals surface area contributed by atoms with Crippen molar-refractivity contribution in [2.45, 2.75) is 0 Å². The maximum atomic E-state index is 5.83. The number of nitrogens with zero attached hydrogens (tertiary/aromatic N) is 4. The van der Waals surface area contributed by atoms with Gasteiger partial charge in [-0.2, -0.15) is 0 Å². The molecule has 0 bridgehead atoms. The second-order valence-corrected chi connectivity index (χ2v) is 6.72. The van der Waals surface area contributed by atoms with Crippen LogP contribution >= 0.6 is 0 Å². The predicted octanol–water partition coefficient (Wildman–Crippen LogP) is 4.31. The standard InChI is InChI=1S/C22H20N4O/c1-5-20(25-11-9-23-15-25)6-2-17(1)19-13-22(27-14-19)18-3-7-21(8-4-18)26-12-10-24-16-26/h1-8,13-16H,9-12H2. The topological polar surface area (TPSA) is 44.3 Å². The van der Waals surface area contributed by atoms with Crippen LogP contribution in [0.25, 0.3) is 22.5 Å². The van der Waals surface area contributed by atoms with Crippen LogP contribution in [0.3, 0.4) is 0 Å². The molecule has 0 amide bonds. The van der Waals surface area contributed by atoms with Crippen LogP contribution in [0.2, 0.25) is 0 Å². The first kappa shape index (κ1) is 15.9. The van der Waals surface area contributed by atoms with Gasteiger partial charge < -0.3 is 14.2 Å². The molecular weight excluding hydrogens is 336 g/mol. The van der Waals surface area contributed by atoms with Crippen LogP contribution in [0.15, 0.2) is 75.3 Å². The highest BCUT2D eigenvalue weighted by atomic mass is 16.3. The van der Waals surface area contributed by atoms with Crippen molar-refractivity contribution in [2.75, 3.05) is 36.0 Å². The Morgan fingerprint density at radius 3 is 1.74 bits per heavy atom. The zero-order chi connectivity index (χ0) is 18.1. The molecule has 0 aliphatic carbocycles. The van der Waals surface area contributed by atoms with Gasteiger partial charge in [-0.15, -0.1) is 0 Å². The van der Waals surface area contributed by atoms with E-state index in [1.54, 1.807) is 0 Å². The lowest BCUT2D eigenvalue weighted by molar-refractivity contribution is 0.583. The quantitative estimate of drug-likeness (QED) is 0.700. The molecule has 2 aromatic carbocycles. The van der Waals surface area contributed by atoms with Crippen LogP contribution < -0.4 is 9.80 Å². The third-order valence-electron chi connectivity index (χ3n) is 5.00. The van der Waals surface area contributed by atoms with Crippen molar-refractivity contribution in [2.24, 2.45) is 9.98 Å². The van der Waals surface area contributed by atoms with Crippen LogP contribution in [0.5, 0.6) is 0 Å². The van der Waals surface area contributed by atoms with Gasteiger partial charge >= 0.3 is 0 Å². The minimum Gasteiger partial charge on any atom is -0.464 e. The molecule has 134 valence electrons. The average Bonchev–Trinajstić information content (AvgIpc) is 3.51. The van der Waals surface area contributed by atoms with Gasteiger partial charge in [0.1, 0.15) is 5.76 Å². The average molecular weight is 356 g/mol. The van der Waals surface area contributed by atoms with Gasteiger partial charge in [-0.1, -0.05) is 12.1 Å². The van der Waals surface area contributed by atoms with Crippen molar-refractivity contribution in [1.29, 1.82) is 0 Å². The summed E-state index contributed by atoms with van der Waals surface area (Å²) in [5.74, 6) is 0.877. The molecule has 5 nitrogen and oxygen atoms in total. The van der Waals surface area contributed by atoms with Crippen LogP contribution in [0, 0.1) is 0 Å². The SMILES string of the molecule is C1=NCCN1c1ccc(-c2coc(-c3ccc(N4C=NCC4)cc3)c2)cc1. The summed E-state index contributed by atoms with van der Waals surface area (Å²) in [4.78, 5) is 12.8. The minimum absolute atomic E-state index is 0.868. The van der Waals surface area contributed by atoms with Crippen molar-refractivity contribution in [1.82, 2.24) is 0 Å². The molecule has 2 aliphatic heterocycles. The van der Waals surface area contributed by atoms with Crippen LogP contribution in [-0.2, 0) is 0 Å². The zero-order valence-corrected chi connectivity index (χ0v) is 15.0. The number of hydrogen-bond acceptors (Lipinski definition) is 5. The normalized spacial score (nSPS) is 15.9. The molecule has 27 heavy (non-hydrogen) atoms. The molecule has 5 rings (SSSR count). The molecule has 3 aromatic rings. The maximum Gasteiger partial charge on any atom is 0.134 e. The number of aliphatic imine (C=N–C) groups is 2. The van der Waals surface area contributed by atoms with Gasteiger partial charge in [0.05, 0.1) is 32.0 Å². The summed E-state index contributed by atoms with van der Waals surface area (Å²) in [7, 11) is 0. The van der Waals surface area contributed by atoms with E-state index >= 15 is 0 Å². The van der Waals surface area contributed by atoms with Gasteiger partial charge in [0.2, 0.25) is 0 Å². The first-order valence-electron chi connectivity index (χ1n) is 9.19. The fraction of sp³-hybridized carbons (Fsp3) is 0.182. The summed E-state index contributed by atoms with van der Waals surface area (Å²) in [6.45, 7) is 3.64. The van der Waals surface area contributed by atoms with E-state index in [1.165, 1.54) is 5.69 Å². The van der Waals surface area contributed by atoms with Crippen LogP contribution in [-0.4, -0.2) is 38.9 Å². The second-order valence-electron chi connectivity index (χ2n) is 6.72. The number of rotatable bonds is 4. The van der Waals surface area contributed by atoms with E-state index in [0.29, 0.717) is 0 Å². The zero-order valence-electron chi connectivity index (χ0n) is 15.0. The van der Waals surface area contributed by atoms with E-state index in [1.807, 2.05) is 18.9 Å². The van der Waals surface area contributed by atoms with Gasteiger partial charge in [-0.05, 0) is 48.0 Å². The highest BCUT2D eigenvalue weighted by Gasteiger charge is 2.11. The molecule has 3 heterocycles. The maximum absolute atomic E-state index is 5.83. The Balaban J connectivity index is 1.34. The first-order valence-corrected chi connectivity index (χ1v) is 9.19. The molecule has 2 aliphatic rings. The molecule has 1 aromatic heterocycles. The van der Waals surface area contributed by atoms with Crippen LogP contribution in [0.4, 0.5) is 11.4 Å². The summed E-state index contributed by atoms with van der Waals surface area (Å²) < 4.78 is 5.83. The Hall–Kier alpha value is -3.34. The molecule has 0 fully saturated rings. The van der Waals surface area contributed by atoms with Crippen molar-refractivity contribution < 1.29 is 4.42 Å². The number of hydrogen-bond donors (Lipinski definition) is 0. The molecule has 0 atom stereocenters. The van der Waals surface area contributed by atoms with Gasteiger partial charge in [0, 0.05) is 35.6 Å². The van der Waals surface area contributed by atoms with E-state index in [4.69, 9.17) is 4.42 Å². The number of benzene rings is 2. The highest BCUT2D eigenvalue weighted by molar-refractivity contribution is 5.83. The van der Waals surface area contributed by atoms with E-state index in [-0.39, 0.29) is 0 Å². The number of anilines is 2. The summed E-state index contributed by atoms with van der Waals surface area (Å²) in [6.07, 6.45) is 5.63. The largest absolute Gasteiger partial charge is 0.464 e. The summed E-state index contributed by atoms with van der Waals surface area (Å²) in [5, 5.41) is 0. The van der Waals surface area contributed by atoms with Gasteiger partial charge in [-0.25, -0.2) is 0 Å². The lowest BCUT2D eigenvalue weighted by atomic mass is 10.1. The van der Waals surface area contributed by atoms with Gasteiger partial charge in [-0.3, -0.25) is 9.98 Å². The fourth-order valence-corrected chi connectivity index (χ4v) is 3.45. The lowest BCUT2D eigenvalue weighted by Gasteiger charge is -2.14. The summed E-state index contributed by atoms with van der Waals surface area (Å²) in [5.41, 5.74) is 5.64. The van der Waals surface area contributed by atoms with Crippen molar-refractivity contribution >= 4 is 24.1 Å². The molecule has 0 spiro atoms. The minimum atomic E-state index is 0.868. The Morgan fingerprint density at radius 2 is 1.22 bits per heavy atom. The highest BCUT2D eigenvalue weighted by Crippen LogP contribution is 2.31. The molecule has 5 heteroatoms. The van der Waals surface area contributed by atoms with Crippen molar-refractivity contribution in [3.63, 3.8) is 0 Å². The molecular formula is C22H20N4O. The van der Waals surface area contributed by atoms with E-state index < -0.39 is 0 Å². The lowest BCUT2D eigenvalue weighted by Crippen LogP contribution is -2.17. The Morgan fingerprint density at radius 1 is 0.667 bits per heavy atom. The molecule has 0 unspecified atom stereocenters. The van der Waals surface area contributed by atoms with Gasteiger partial charge in [0.15, 0.2) is 0 Å². The first-order chi connectivity index (χ1) is 13.4. The van der Waals surface area contributed by atoms with Gasteiger partial charge in [0.25, 0.3) is 0 Å². The molecule has 0 N–H and O–H groups in total.